The van der Waals surface area contributed by atoms with Gasteiger partial charge in [0.2, 0.25) is 11.8 Å². The number of methoxy groups -OCH3 is 1. The maximum atomic E-state index is 11.8. The number of benzene rings is 1. The molecule has 1 unspecified atom stereocenters. The van der Waals surface area contributed by atoms with Gasteiger partial charge in [-0.2, -0.15) is 5.10 Å². The average Bonchev–Trinajstić information content (AvgIpc) is 3.63. The molecule has 4 heterocycles. The van der Waals surface area contributed by atoms with E-state index in [-0.39, 0.29) is 5.91 Å². The van der Waals surface area contributed by atoms with Gasteiger partial charge in [0.05, 0.1) is 25.0 Å². The number of rotatable bonds is 14. The van der Waals surface area contributed by atoms with Crippen LogP contribution >= 0.6 is 0 Å². The lowest BCUT2D eigenvalue weighted by Crippen LogP contribution is -2.38. The standard InChI is InChI=1S/C32H43N7O4Si/c1-6-29(40)35-25-9-7-11-27(17-25)43-30-19-33-32-31(36-30)28(22-38(32)23-42-15-16-44(3,4)5)24-18-34-39(20-24)26-10-8-12-37(21-26)13-14-41-2/h6-7,9,11,17-20,22,26H,1,8,10,12-16,21,23H2,2-5H3,(H,35,40). The van der Waals surface area contributed by atoms with E-state index in [4.69, 9.17) is 29.3 Å². The van der Waals surface area contributed by atoms with Gasteiger partial charge in [-0.1, -0.05) is 32.3 Å². The van der Waals surface area contributed by atoms with Gasteiger partial charge >= 0.3 is 0 Å². The molecule has 12 heteroatoms. The molecular formula is C32H43N7O4Si. The molecule has 0 spiro atoms. The van der Waals surface area contributed by atoms with Crippen LogP contribution < -0.4 is 10.1 Å². The van der Waals surface area contributed by atoms with E-state index < -0.39 is 8.07 Å². The predicted molar refractivity (Wildman–Crippen MR) is 175 cm³/mol. The second-order valence-corrected chi connectivity index (χ2v) is 18.0. The van der Waals surface area contributed by atoms with Crippen LogP contribution in [0.3, 0.4) is 0 Å². The van der Waals surface area contributed by atoms with Crippen molar-refractivity contribution in [1.82, 2.24) is 29.2 Å². The van der Waals surface area contributed by atoms with E-state index in [1.54, 1.807) is 37.6 Å². The second-order valence-electron chi connectivity index (χ2n) is 12.4. The molecule has 3 aromatic heterocycles. The number of amides is 1. The van der Waals surface area contributed by atoms with Crippen LogP contribution in [0.2, 0.25) is 25.7 Å². The summed E-state index contributed by atoms with van der Waals surface area (Å²) in [5, 5.41) is 7.53. The first-order valence-electron chi connectivity index (χ1n) is 15.1. The van der Waals surface area contributed by atoms with Gasteiger partial charge < -0.3 is 24.1 Å². The third-order valence-corrected chi connectivity index (χ3v) is 9.36. The molecule has 1 aliphatic heterocycles. The highest BCUT2D eigenvalue weighted by Crippen LogP contribution is 2.32. The number of anilines is 1. The molecule has 1 aliphatic rings. The fraction of sp³-hybridized carbons (Fsp3) is 0.438. The summed E-state index contributed by atoms with van der Waals surface area (Å²) < 4.78 is 21.6. The number of hydrogen-bond acceptors (Lipinski definition) is 8. The zero-order valence-electron chi connectivity index (χ0n) is 26.2. The molecule has 1 amide bonds. The van der Waals surface area contributed by atoms with Crippen LogP contribution in [-0.4, -0.2) is 83.2 Å². The Balaban J connectivity index is 1.42. The van der Waals surface area contributed by atoms with Crippen molar-refractivity contribution in [2.24, 2.45) is 0 Å². The summed E-state index contributed by atoms with van der Waals surface area (Å²) in [6.45, 7) is 15.3. The Labute approximate surface area is 259 Å². The van der Waals surface area contributed by atoms with Crippen LogP contribution in [0.25, 0.3) is 22.3 Å². The van der Waals surface area contributed by atoms with Gasteiger partial charge in [0, 0.05) is 70.2 Å². The van der Waals surface area contributed by atoms with Crippen LogP contribution in [0, 0.1) is 0 Å². The lowest BCUT2D eigenvalue weighted by molar-refractivity contribution is -0.111. The van der Waals surface area contributed by atoms with Crippen LogP contribution in [-0.2, 0) is 21.0 Å². The number of nitrogens with zero attached hydrogens (tertiary/aromatic N) is 6. The summed E-state index contributed by atoms with van der Waals surface area (Å²) in [7, 11) is 0.534. The monoisotopic (exact) mass is 617 g/mol. The quantitative estimate of drug-likeness (QED) is 0.107. The number of nitrogens with one attached hydrogen (secondary N) is 1. The van der Waals surface area contributed by atoms with Gasteiger partial charge in [-0.25, -0.2) is 9.97 Å². The van der Waals surface area contributed by atoms with Crippen LogP contribution in [0.1, 0.15) is 18.9 Å². The van der Waals surface area contributed by atoms with Crippen molar-refractivity contribution in [2.75, 3.05) is 45.3 Å². The summed E-state index contributed by atoms with van der Waals surface area (Å²) in [6.07, 6.45) is 11.1. The Morgan fingerprint density at radius 1 is 1.20 bits per heavy atom. The Hall–Kier alpha value is -3.84. The number of aromatic nitrogens is 5. The maximum Gasteiger partial charge on any atom is 0.247 e. The summed E-state index contributed by atoms with van der Waals surface area (Å²) in [6, 6.07) is 8.50. The molecule has 1 aromatic carbocycles. The van der Waals surface area contributed by atoms with E-state index in [0.29, 0.717) is 47.9 Å². The van der Waals surface area contributed by atoms with Crippen molar-refractivity contribution in [3.63, 3.8) is 0 Å². The van der Waals surface area contributed by atoms with Gasteiger partial charge in [-0.05, 0) is 43.6 Å². The number of fused-ring (bicyclic) bond motifs is 1. The van der Waals surface area contributed by atoms with Gasteiger partial charge in [0.1, 0.15) is 18.0 Å². The van der Waals surface area contributed by atoms with Gasteiger partial charge in [0.25, 0.3) is 0 Å². The molecule has 0 aliphatic carbocycles. The first kappa shape index (κ1) is 31.6. The smallest absolute Gasteiger partial charge is 0.247 e. The summed E-state index contributed by atoms with van der Waals surface area (Å²) >= 11 is 0. The Morgan fingerprint density at radius 3 is 2.86 bits per heavy atom. The highest BCUT2D eigenvalue weighted by Gasteiger charge is 2.23. The van der Waals surface area contributed by atoms with Gasteiger partial charge in [0.15, 0.2) is 5.65 Å². The van der Waals surface area contributed by atoms with Crippen molar-refractivity contribution in [3.8, 4) is 22.8 Å². The minimum absolute atomic E-state index is 0.294. The van der Waals surface area contributed by atoms with Crippen molar-refractivity contribution in [1.29, 1.82) is 0 Å². The van der Waals surface area contributed by atoms with E-state index in [2.05, 4.69) is 47.3 Å². The Bertz CT molecular complexity index is 1580. The van der Waals surface area contributed by atoms with E-state index in [0.717, 1.165) is 56.3 Å². The summed E-state index contributed by atoms with van der Waals surface area (Å²) in [5.41, 5.74) is 3.89. The first-order chi connectivity index (χ1) is 21.2. The van der Waals surface area contributed by atoms with Crippen LogP contribution in [0.5, 0.6) is 11.6 Å². The van der Waals surface area contributed by atoms with Crippen molar-refractivity contribution < 1.29 is 19.0 Å². The Morgan fingerprint density at radius 2 is 2.07 bits per heavy atom. The molecular weight excluding hydrogens is 574 g/mol. The van der Waals surface area contributed by atoms with Crippen molar-refractivity contribution in [3.05, 3.63) is 61.7 Å². The molecule has 44 heavy (non-hydrogen) atoms. The fourth-order valence-corrected chi connectivity index (χ4v) is 5.99. The zero-order chi connectivity index (χ0) is 31.1. The highest BCUT2D eigenvalue weighted by molar-refractivity contribution is 6.76. The van der Waals surface area contributed by atoms with Crippen LogP contribution in [0.4, 0.5) is 5.69 Å². The zero-order valence-corrected chi connectivity index (χ0v) is 27.2. The number of ether oxygens (including phenoxy) is 3. The molecule has 11 nitrogen and oxygen atoms in total. The molecule has 4 aromatic rings. The minimum atomic E-state index is -1.21. The van der Waals surface area contributed by atoms with Gasteiger partial charge in [-0.3, -0.25) is 14.4 Å². The third kappa shape index (κ3) is 8.20. The lowest BCUT2D eigenvalue weighted by Gasteiger charge is -2.32. The van der Waals surface area contributed by atoms with E-state index in [1.165, 1.54) is 6.08 Å². The predicted octanol–water partition coefficient (Wildman–Crippen LogP) is 5.81. The first-order valence-corrected chi connectivity index (χ1v) is 18.8. The summed E-state index contributed by atoms with van der Waals surface area (Å²) in [4.78, 5) is 23.8. The third-order valence-electron chi connectivity index (χ3n) is 7.66. The fourth-order valence-electron chi connectivity index (χ4n) is 5.23. The molecule has 5 rings (SSSR count). The molecule has 1 saturated heterocycles. The number of hydrogen-bond donors (Lipinski definition) is 1. The van der Waals surface area contributed by atoms with Crippen molar-refractivity contribution in [2.45, 2.75) is 51.3 Å². The number of piperidine rings is 1. The van der Waals surface area contributed by atoms with Crippen molar-refractivity contribution >= 4 is 30.8 Å². The summed E-state index contributed by atoms with van der Waals surface area (Å²) in [5.74, 6) is 0.578. The van der Waals surface area contributed by atoms with E-state index in [9.17, 15) is 4.79 Å². The number of likely N-dealkylation sites (tertiary alicyclic amines) is 1. The van der Waals surface area contributed by atoms with Gasteiger partial charge in [-0.15, -0.1) is 0 Å². The molecule has 0 saturated carbocycles. The Kier molecular flexibility index (Phi) is 10.3. The number of carbonyl (C=O) groups is 1. The molecule has 1 fully saturated rings. The second kappa shape index (κ2) is 14.3. The minimum Gasteiger partial charge on any atom is -0.437 e. The SMILES string of the molecule is C=CC(=O)Nc1cccc(Oc2cnc3c(n2)c(-c2cnn(C4CCCN(CCOC)C4)c2)cn3COCC[Si](C)(C)C)c1. The topological polar surface area (TPSA) is 109 Å². The molecule has 0 bridgehead atoms. The average molecular weight is 618 g/mol. The normalized spacial score (nSPS) is 15.9. The molecule has 1 atom stereocenters. The highest BCUT2D eigenvalue weighted by atomic mass is 28.3. The van der Waals surface area contributed by atoms with E-state index >= 15 is 0 Å². The largest absolute Gasteiger partial charge is 0.437 e. The van der Waals surface area contributed by atoms with E-state index in [1.807, 2.05) is 17.0 Å². The molecule has 0 radical (unpaired) electrons. The maximum absolute atomic E-state index is 11.8. The molecule has 234 valence electrons. The van der Waals surface area contributed by atoms with Crippen LogP contribution in [0.15, 0.2) is 61.7 Å². The number of carbonyl (C=O) groups excluding carboxylic acids is 1. The lowest BCUT2D eigenvalue weighted by atomic mass is 10.1. The molecule has 1 N–H and O–H groups in total.